The zero-order valence-corrected chi connectivity index (χ0v) is 13.5. The predicted octanol–water partition coefficient (Wildman–Crippen LogP) is 1.79. The van der Waals surface area contributed by atoms with Gasteiger partial charge >= 0.3 is 5.97 Å². The normalized spacial score (nSPS) is 10.3. The van der Waals surface area contributed by atoms with Gasteiger partial charge in [-0.3, -0.25) is 4.79 Å². The van der Waals surface area contributed by atoms with Crippen molar-refractivity contribution in [2.45, 2.75) is 13.2 Å². The Balaban J connectivity index is 2.34. The highest BCUT2D eigenvalue weighted by Crippen LogP contribution is 2.21. The van der Waals surface area contributed by atoms with E-state index in [1.54, 1.807) is 0 Å². The minimum absolute atomic E-state index is 0.0328. The molecule has 0 bridgehead atoms. The molecule has 2 aromatic rings. The van der Waals surface area contributed by atoms with Crippen molar-refractivity contribution in [2.24, 2.45) is 0 Å². The summed E-state index contributed by atoms with van der Waals surface area (Å²) >= 11 is 0. The predicted molar refractivity (Wildman–Crippen MR) is 84.0 cm³/mol. The third kappa shape index (κ3) is 4.00. The molecule has 0 saturated heterocycles. The lowest BCUT2D eigenvalue weighted by Crippen LogP contribution is -2.17. The summed E-state index contributed by atoms with van der Waals surface area (Å²) in [5.41, 5.74) is 0.374. The first-order valence-corrected chi connectivity index (χ1v) is 7.05. The van der Waals surface area contributed by atoms with Gasteiger partial charge in [0, 0.05) is 14.2 Å². The van der Waals surface area contributed by atoms with E-state index < -0.39 is 11.9 Å². The van der Waals surface area contributed by atoms with Gasteiger partial charge in [-0.15, -0.1) is 0 Å². The fraction of sp³-hybridized carbons (Fsp3) is 0.250. The zero-order chi connectivity index (χ0) is 18.4. The summed E-state index contributed by atoms with van der Waals surface area (Å²) in [6.45, 7) is 0.181. The fourth-order valence-electron chi connectivity index (χ4n) is 2.14. The summed E-state index contributed by atoms with van der Waals surface area (Å²) in [6.07, 6.45) is 0. The maximum absolute atomic E-state index is 12.5. The monoisotopic (exact) mass is 345 g/mol. The molecule has 0 aliphatic heterocycles. The van der Waals surface area contributed by atoms with Crippen LogP contribution in [0.15, 0.2) is 22.7 Å². The molecule has 0 spiro atoms. The molecule has 0 aliphatic carbocycles. The molecule has 9 nitrogen and oxygen atoms in total. The second kappa shape index (κ2) is 8.05. The second-order valence-corrected chi connectivity index (χ2v) is 4.93. The van der Waals surface area contributed by atoms with Crippen LogP contribution in [0.25, 0.3) is 0 Å². The standard InChI is InChI=1S/C16H15N3O6/c1-23-7-11-13(8-24-2)25-19-14(11)15(20)18-12-4-3-9(6-17)5-10(12)16(21)22/h3-5H,7-8H2,1-2H3,(H,18,20)(H,21,22). The molecule has 0 radical (unpaired) electrons. The number of carboxylic acids is 1. The third-order valence-electron chi connectivity index (χ3n) is 3.28. The summed E-state index contributed by atoms with van der Waals surface area (Å²) in [7, 11) is 2.92. The van der Waals surface area contributed by atoms with E-state index in [9.17, 15) is 14.7 Å². The molecule has 2 N–H and O–H groups in total. The number of carbonyl (C=O) groups is 2. The van der Waals surface area contributed by atoms with Gasteiger partial charge in [0.15, 0.2) is 11.5 Å². The Morgan fingerprint density at radius 2 is 2.04 bits per heavy atom. The van der Waals surface area contributed by atoms with E-state index in [0.717, 1.165) is 0 Å². The Morgan fingerprint density at radius 3 is 2.64 bits per heavy atom. The first-order chi connectivity index (χ1) is 12.0. The van der Waals surface area contributed by atoms with Gasteiger partial charge in [0.05, 0.1) is 35.1 Å². The molecule has 25 heavy (non-hydrogen) atoms. The Hall–Kier alpha value is -3.22. The topological polar surface area (TPSA) is 135 Å². The first kappa shape index (κ1) is 18.1. The number of aromatic carboxylic acids is 1. The summed E-state index contributed by atoms with van der Waals surface area (Å²) in [5, 5.41) is 24.3. The molecular weight excluding hydrogens is 330 g/mol. The van der Waals surface area contributed by atoms with Crippen molar-refractivity contribution < 1.29 is 28.7 Å². The van der Waals surface area contributed by atoms with Crippen molar-refractivity contribution in [1.82, 2.24) is 5.16 Å². The zero-order valence-electron chi connectivity index (χ0n) is 13.5. The van der Waals surface area contributed by atoms with Crippen molar-refractivity contribution in [3.8, 4) is 6.07 Å². The van der Waals surface area contributed by atoms with E-state index in [0.29, 0.717) is 11.3 Å². The molecule has 130 valence electrons. The number of carboxylic acid groups (broad SMARTS) is 1. The van der Waals surface area contributed by atoms with Crippen LogP contribution in [-0.4, -0.2) is 36.4 Å². The van der Waals surface area contributed by atoms with Crippen molar-refractivity contribution >= 4 is 17.6 Å². The molecule has 0 aliphatic rings. The third-order valence-corrected chi connectivity index (χ3v) is 3.28. The minimum Gasteiger partial charge on any atom is -0.478 e. The number of aromatic nitrogens is 1. The van der Waals surface area contributed by atoms with Crippen LogP contribution in [0, 0.1) is 11.3 Å². The van der Waals surface area contributed by atoms with Crippen LogP contribution in [0.5, 0.6) is 0 Å². The Bertz CT molecular complexity index is 837. The van der Waals surface area contributed by atoms with Crippen LogP contribution in [0.2, 0.25) is 0 Å². The van der Waals surface area contributed by atoms with E-state index in [4.69, 9.17) is 19.3 Å². The molecule has 1 heterocycles. The van der Waals surface area contributed by atoms with Crippen LogP contribution in [-0.2, 0) is 22.7 Å². The molecule has 1 amide bonds. The number of nitrogens with zero attached hydrogens (tertiary/aromatic N) is 2. The number of amides is 1. The van der Waals surface area contributed by atoms with Crippen molar-refractivity contribution in [3.05, 3.63) is 46.3 Å². The van der Waals surface area contributed by atoms with Gasteiger partial charge in [0.2, 0.25) is 0 Å². The van der Waals surface area contributed by atoms with E-state index >= 15 is 0 Å². The van der Waals surface area contributed by atoms with E-state index in [1.165, 1.54) is 32.4 Å². The number of hydrogen-bond donors (Lipinski definition) is 2. The second-order valence-electron chi connectivity index (χ2n) is 4.93. The Kier molecular flexibility index (Phi) is 5.84. The molecule has 1 aromatic heterocycles. The van der Waals surface area contributed by atoms with Gasteiger partial charge in [0.25, 0.3) is 5.91 Å². The van der Waals surface area contributed by atoms with Crippen molar-refractivity contribution in [3.63, 3.8) is 0 Å². The van der Waals surface area contributed by atoms with Gasteiger partial charge in [-0.05, 0) is 18.2 Å². The van der Waals surface area contributed by atoms with Crippen molar-refractivity contribution in [1.29, 1.82) is 5.26 Å². The Morgan fingerprint density at radius 1 is 1.32 bits per heavy atom. The lowest BCUT2D eigenvalue weighted by molar-refractivity contribution is 0.0698. The maximum atomic E-state index is 12.5. The van der Waals surface area contributed by atoms with E-state index in [1.807, 2.05) is 6.07 Å². The van der Waals surface area contributed by atoms with Gasteiger partial charge < -0.3 is 24.4 Å². The number of hydrogen-bond acceptors (Lipinski definition) is 7. The van der Waals surface area contributed by atoms with Crippen LogP contribution in [0.1, 0.15) is 37.7 Å². The number of rotatable bonds is 7. The van der Waals surface area contributed by atoms with E-state index in [2.05, 4.69) is 10.5 Å². The molecule has 0 saturated carbocycles. The number of ether oxygens (including phenoxy) is 2. The number of methoxy groups -OCH3 is 2. The quantitative estimate of drug-likeness (QED) is 0.775. The number of benzene rings is 1. The Labute approximate surface area is 142 Å². The van der Waals surface area contributed by atoms with Crippen LogP contribution < -0.4 is 5.32 Å². The highest BCUT2D eigenvalue weighted by atomic mass is 16.5. The number of anilines is 1. The molecule has 0 atom stereocenters. The summed E-state index contributed by atoms with van der Waals surface area (Å²) in [6, 6.07) is 5.76. The molecular formula is C16H15N3O6. The number of carbonyl (C=O) groups excluding carboxylic acids is 1. The van der Waals surface area contributed by atoms with Crippen LogP contribution in [0.4, 0.5) is 5.69 Å². The minimum atomic E-state index is -1.27. The average Bonchev–Trinajstić information content (AvgIpc) is 2.98. The fourth-order valence-corrected chi connectivity index (χ4v) is 2.14. The van der Waals surface area contributed by atoms with Gasteiger partial charge in [0.1, 0.15) is 6.61 Å². The molecule has 1 aromatic carbocycles. The number of nitrogens with one attached hydrogen (secondary N) is 1. The lowest BCUT2D eigenvalue weighted by atomic mass is 10.1. The van der Waals surface area contributed by atoms with Gasteiger partial charge in [-0.1, -0.05) is 5.16 Å². The van der Waals surface area contributed by atoms with Crippen LogP contribution >= 0.6 is 0 Å². The first-order valence-electron chi connectivity index (χ1n) is 7.05. The highest BCUT2D eigenvalue weighted by molar-refractivity contribution is 6.07. The highest BCUT2D eigenvalue weighted by Gasteiger charge is 2.23. The average molecular weight is 345 g/mol. The van der Waals surface area contributed by atoms with Gasteiger partial charge in [-0.25, -0.2) is 4.79 Å². The van der Waals surface area contributed by atoms with Crippen LogP contribution in [0.3, 0.4) is 0 Å². The molecule has 2 rings (SSSR count). The van der Waals surface area contributed by atoms with E-state index in [-0.39, 0.29) is 35.7 Å². The molecule has 0 unspecified atom stereocenters. The smallest absolute Gasteiger partial charge is 0.337 e. The summed E-state index contributed by atoms with van der Waals surface area (Å²) < 4.78 is 15.1. The SMILES string of the molecule is COCc1onc(C(=O)Nc2ccc(C#N)cc2C(=O)O)c1COC. The van der Waals surface area contributed by atoms with Crippen molar-refractivity contribution in [2.75, 3.05) is 19.5 Å². The largest absolute Gasteiger partial charge is 0.478 e. The van der Waals surface area contributed by atoms with Gasteiger partial charge in [-0.2, -0.15) is 5.26 Å². The molecule has 0 fully saturated rings. The number of nitriles is 1. The lowest BCUT2D eigenvalue weighted by Gasteiger charge is -2.08. The summed E-state index contributed by atoms with van der Waals surface area (Å²) in [4.78, 5) is 23.8. The maximum Gasteiger partial charge on any atom is 0.337 e. The summed E-state index contributed by atoms with van der Waals surface area (Å²) in [5.74, 6) is -1.59. The molecule has 9 heteroatoms.